The van der Waals surface area contributed by atoms with E-state index in [1.54, 1.807) is 0 Å². The van der Waals surface area contributed by atoms with Gasteiger partial charge >= 0.3 is 0 Å². The van der Waals surface area contributed by atoms with Crippen LogP contribution in [0.1, 0.15) is 26.3 Å². The molecule has 0 saturated heterocycles. The van der Waals surface area contributed by atoms with Gasteiger partial charge in [-0.25, -0.2) is 0 Å². The standard InChI is InChI=1S/C14H21ClOS/c1-10-5-6-13(12(15)7-10)16-8-11(9-17)14(2,3)4/h5-7,11,17H,8-9H2,1-4H3. The molecule has 0 amide bonds. The Labute approximate surface area is 115 Å². The third-order valence-electron chi connectivity index (χ3n) is 2.97. The Hall–Kier alpha value is -0.340. The van der Waals surface area contributed by atoms with Crippen LogP contribution < -0.4 is 4.74 Å². The summed E-state index contributed by atoms with van der Waals surface area (Å²) in [4.78, 5) is 0. The number of halogens is 1. The lowest BCUT2D eigenvalue weighted by molar-refractivity contribution is 0.165. The zero-order chi connectivity index (χ0) is 13.1. The molecule has 17 heavy (non-hydrogen) atoms. The van der Waals surface area contributed by atoms with Gasteiger partial charge in [0.25, 0.3) is 0 Å². The fraction of sp³-hybridized carbons (Fsp3) is 0.571. The largest absolute Gasteiger partial charge is 0.492 e. The predicted octanol–water partition coefficient (Wildman–Crippen LogP) is 4.62. The van der Waals surface area contributed by atoms with Crippen molar-refractivity contribution in [1.82, 2.24) is 0 Å². The van der Waals surface area contributed by atoms with Gasteiger partial charge < -0.3 is 4.74 Å². The van der Waals surface area contributed by atoms with Gasteiger partial charge in [0, 0.05) is 5.92 Å². The number of benzene rings is 1. The van der Waals surface area contributed by atoms with Gasteiger partial charge in [-0.05, 0) is 35.8 Å². The van der Waals surface area contributed by atoms with E-state index in [4.69, 9.17) is 16.3 Å². The summed E-state index contributed by atoms with van der Waals surface area (Å²) >= 11 is 10.5. The van der Waals surface area contributed by atoms with Crippen LogP contribution in [0.5, 0.6) is 5.75 Å². The zero-order valence-electron chi connectivity index (χ0n) is 11.0. The Morgan fingerprint density at radius 2 is 2.00 bits per heavy atom. The lowest BCUT2D eigenvalue weighted by Gasteiger charge is -2.29. The van der Waals surface area contributed by atoms with E-state index in [9.17, 15) is 0 Å². The summed E-state index contributed by atoms with van der Waals surface area (Å²) in [6, 6.07) is 5.85. The maximum atomic E-state index is 6.13. The highest BCUT2D eigenvalue weighted by molar-refractivity contribution is 7.80. The number of hydrogen-bond acceptors (Lipinski definition) is 2. The van der Waals surface area contributed by atoms with E-state index in [1.807, 2.05) is 25.1 Å². The van der Waals surface area contributed by atoms with Crippen molar-refractivity contribution in [3.63, 3.8) is 0 Å². The minimum absolute atomic E-state index is 0.193. The Morgan fingerprint density at radius 3 is 2.47 bits per heavy atom. The summed E-state index contributed by atoms with van der Waals surface area (Å²) < 4.78 is 5.79. The summed E-state index contributed by atoms with van der Waals surface area (Å²) in [5, 5.41) is 0.678. The number of thiol groups is 1. The molecule has 0 bridgehead atoms. The minimum atomic E-state index is 0.193. The van der Waals surface area contributed by atoms with Gasteiger partial charge in [0.15, 0.2) is 0 Å². The van der Waals surface area contributed by atoms with Crippen molar-refractivity contribution < 1.29 is 4.74 Å². The molecule has 96 valence electrons. The molecule has 0 radical (unpaired) electrons. The number of hydrogen-bond donors (Lipinski definition) is 1. The van der Waals surface area contributed by atoms with Gasteiger partial charge in [0.1, 0.15) is 5.75 Å². The first-order valence-electron chi connectivity index (χ1n) is 5.84. The van der Waals surface area contributed by atoms with Gasteiger partial charge in [0.2, 0.25) is 0 Å². The maximum Gasteiger partial charge on any atom is 0.137 e. The van der Waals surface area contributed by atoms with Crippen LogP contribution in [-0.2, 0) is 0 Å². The van der Waals surface area contributed by atoms with Gasteiger partial charge in [0.05, 0.1) is 11.6 Å². The molecule has 0 N–H and O–H groups in total. The summed E-state index contributed by atoms with van der Waals surface area (Å²) in [5.74, 6) is 1.98. The summed E-state index contributed by atoms with van der Waals surface area (Å²) in [6.45, 7) is 9.27. The van der Waals surface area contributed by atoms with E-state index >= 15 is 0 Å². The fourth-order valence-corrected chi connectivity index (χ4v) is 2.43. The predicted molar refractivity (Wildman–Crippen MR) is 78.5 cm³/mol. The molecule has 1 nitrogen and oxygen atoms in total. The molecular weight excluding hydrogens is 252 g/mol. The summed E-state index contributed by atoms with van der Waals surface area (Å²) in [7, 11) is 0. The molecule has 0 aliphatic carbocycles. The van der Waals surface area contributed by atoms with Crippen molar-refractivity contribution >= 4 is 24.2 Å². The average molecular weight is 273 g/mol. The highest BCUT2D eigenvalue weighted by Crippen LogP contribution is 2.30. The number of rotatable bonds is 4. The molecule has 1 unspecified atom stereocenters. The molecule has 1 aromatic carbocycles. The number of aryl methyl sites for hydroxylation is 1. The van der Waals surface area contributed by atoms with E-state index in [2.05, 4.69) is 33.4 Å². The van der Waals surface area contributed by atoms with Gasteiger partial charge in [-0.2, -0.15) is 12.6 Å². The first kappa shape index (κ1) is 14.7. The fourth-order valence-electron chi connectivity index (χ4n) is 1.49. The van der Waals surface area contributed by atoms with Crippen LogP contribution in [0.2, 0.25) is 5.02 Å². The maximum absolute atomic E-state index is 6.13. The molecule has 3 heteroatoms. The first-order chi connectivity index (χ1) is 7.84. The summed E-state index contributed by atoms with van der Waals surface area (Å²) in [5.41, 5.74) is 1.34. The second-order valence-electron chi connectivity index (χ2n) is 5.49. The lowest BCUT2D eigenvalue weighted by Crippen LogP contribution is -2.28. The Morgan fingerprint density at radius 1 is 1.35 bits per heavy atom. The van der Waals surface area contributed by atoms with Crippen LogP contribution in [0, 0.1) is 18.3 Å². The average Bonchev–Trinajstić information content (AvgIpc) is 2.19. The highest BCUT2D eigenvalue weighted by atomic mass is 35.5. The monoisotopic (exact) mass is 272 g/mol. The highest BCUT2D eigenvalue weighted by Gasteiger charge is 2.24. The molecule has 0 saturated carbocycles. The van der Waals surface area contributed by atoms with Crippen molar-refractivity contribution in [3.8, 4) is 5.75 Å². The minimum Gasteiger partial charge on any atom is -0.492 e. The molecule has 0 aliphatic rings. The van der Waals surface area contributed by atoms with E-state index < -0.39 is 0 Å². The quantitative estimate of drug-likeness (QED) is 0.787. The Bertz CT molecular complexity index is 371. The Balaban J connectivity index is 2.66. The molecular formula is C14H21ClOS. The third-order valence-corrected chi connectivity index (χ3v) is 3.71. The Kier molecular flexibility index (Phi) is 5.21. The second kappa shape index (κ2) is 6.01. The topological polar surface area (TPSA) is 9.23 Å². The van der Waals surface area contributed by atoms with E-state index in [0.29, 0.717) is 17.5 Å². The van der Waals surface area contributed by atoms with Crippen LogP contribution in [0.15, 0.2) is 18.2 Å². The van der Waals surface area contributed by atoms with Crippen LogP contribution in [-0.4, -0.2) is 12.4 Å². The van der Waals surface area contributed by atoms with Gasteiger partial charge in [-0.15, -0.1) is 0 Å². The molecule has 1 atom stereocenters. The normalized spacial score (nSPS) is 13.5. The molecule has 0 aliphatic heterocycles. The number of ether oxygens (including phenoxy) is 1. The molecule has 0 fully saturated rings. The SMILES string of the molecule is Cc1ccc(OCC(CS)C(C)(C)C)c(Cl)c1. The van der Waals surface area contributed by atoms with E-state index in [0.717, 1.165) is 17.1 Å². The van der Waals surface area contributed by atoms with E-state index in [-0.39, 0.29) is 5.41 Å². The van der Waals surface area contributed by atoms with Gasteiger partial charge in [-0.3, -0.25) is 0 Å². The molecule has 1 aromatic rings. The van der Waals surface area contributed by atoms with Crippen molar-refractivity contribution in [2.45, 2.75) is 27.7 Å². The van der Waals surface area contributed by atoms with Crippen LogP contribution >= 0.6 is 24.2 Å². The van der Waals surface area contributed by atoms with Crippen LogP contribution in [0.3, 0.4) is 0 Å². The first-order valence-corrected chi connectivity index (χ1v) is 6.85. The lowest BCUT2D eigenvalue weighted by atomic mass is 9.82. The third kappa shape index (κ3) is 4.44. The van der Waals surface area contributed by atoms with E-state index in [1.165, 1.54) is 0 Å². The molecule has 1 rings (SSSR count). The summed E-state index contributed by atoms with van der Waals surface area (Å²) in [6.07, 6.45) is 0. The molecule has 0 heterocycles. The van der Waals surface area contributed by atoms with Crippen LogP contribution in [0.25, 0.3) is 0 Å². The second-order valence-corrected chi connectivity index (χ2v) is 6.26. The van der Waals surface area contributed by atoms with Crippen molar-refractivity contribution in [3.05, 3.63) is 28.8 Å². The van der Waals surface area contributed by atoms with Crippen molar-refractivity contribution in [2.75, 3.05) is 12.4 Å². The zero-order valence-corrected chi connectivity index (χ0v) is 12.6. The molecule has 0 spiro atoms. The van der Waals surface area contributed by atoms with Gasteiger partial charge in [-0.1, -0.05) is 38.4 Å². The van der Waals surface area contributed by atoms with Crippen LogP contribution in [0.4, 0.5) is 0 Å². The smallest absolute Gasteiger partial charge is 0.137 e. The van der Waals surface area contributed by atoms with Crippen molar-refractivity contribution in [2.24, 2.45) is 11.3 Å². The molecule has 0 aromatic heterocycles. The van der Waals surface area contributed by atoms with Crippen molar-refractivity contribution in [1.29, 1.82) is 0 Å².